The highest BCUT2D eigenvalue weighted by Gasteiger charge is 2.30. The fraction of sp³-hybridized carbons (Fsp3) is 0.440. The molecule has 2 aromatic carbocycles. The zero-order valence-corrected chi connectivity index (χ0v) is 20.3. The van der Waals surface area contributed by atoms with E-state index in [-0.39, 0.29) is 23.4 Å². The average molecular weight is 461 g/mol. The maximum atomic E-state index is 13.3. The van der Waals surface area contributed by atoms with E-state index in [0.717, 1.165) is 11.1 Å². The van der Waals surface area contributed by atoms with Crippen LogP contribution in [0.5, 0.6) is 5.75 Å². The predicted octanol–water partition coefficient (Wildman–Crippen LogP) is 4.79. The topological polar surface area (TPSA) is 58.6 Å². The average Bonchev–Trinajstić information content (AvgIpc) is 2.73. The van der Waals surface area contributed by atoms with Gasteiger partial charge in [-0.05, 0) is 62.6 Å². The lowest BCUT2D eigenvalue weighted by atomic mass is 10.1. The molecule has 0 saturated carbocycles. The molecule has 0 fully saturated rings. The molecule has 0 aromatic heterocycles. The van der Waals surface area contributed by atoms with Crippen LogP contribution in [0.15, 0.2) is 48.5 Å². The van der Waals surface area contributed by atoms with Gasteiger partial charge < -0.3 is 15.0 Å². The minimum Gasteiger partial charge on any atom is -0.497 e. The van der Waals surface area contributed by atoms with Crippen LogP contribution in [0, 0.1) is 5.82 Å². The van der Waals surface area contributed by atoms with Crippen LogP contribution >= 0.6 is 11.8 Å². The van der Waals surface area contributed by atoms with Crippen LogP contribution in [0.25, 0.3) is 0 Å². The summed E-state index contributed by atoms with van der Waals surface area (Å²) in [5.41, 5.74) is 1.44. The Morgan fingerprint density at radius 1 is 1.12 bits per heavy atom. The van der Waals surface area contributed by atoms with E-state index >= 15 is 0 Å². The van der Waals surface area contributed by atoms with Gasteiger partial charge in [-0.15, -0.1) is 11.8 Å². The van der Waals surface area contributed by atoms with Gasteiger partial charge in [0.1, 0.15) is 17.6 Å². The van der Waals surface area contributed by atoms with E-state index in [2.05, 4.69) is 5.32 Å². The van der Waals surface area contributed by atoms with Gasteiger partial charge >= 0.3 is 0 Å². The van der Waals surface area contributed by atoms with E-state index in [4.69, 9.17) is 4.74 Å². The van der Waals surface area contributed by atoms with Gasteiger partial charge in [0.2, 0.25) is 11.8 Å². The van der Waals surface area contributed by atoms with E-state index in [0.29, 0.717) is 24.5 Å². The highest BCUT2D eigenvalue weighted by molar-refractivity contribution is 7.99. The summed E-state index contributed by atoms with van der Waals surface area (Å²) in [5, 5.41) is 3.00. The molecule has 0 heterocycles. The molecular weight excluding hydrogens is 427 g/mol. The SMILES string of the molecule is CC[C@@H](C(=O)NC(C)(C)C)N(Cc1cccc(OC)c1)C(=O)CSCc1ccc(F)cc1. The van der Waals surface area contributed by atoms with E-state index in [1.807, 2.05) is 52.0 Å². The van der Waals surface area contributed by atoms with Crippen molar-refractivity contribution in [3.63, 3.8) is 0 Å². The van der Waals surface area contributed by atoms with Crippen LogP contribution in [-0.2, 0) is 21.9 Å². The molecule has 32 heavy (non-hydrogen) atoms. The predicted molar refractivity (Wildman–Crippen MR) is 128 cm³/mol. The number of halogens is 1. The number of thioether (sulfide) groups is 1. The summed E-state index contributed by atoms with van der Waals surface area (Å²) in [7, 11) is 1.60. The zero-order valence-electron chi connectivity index (χ0n) is 19.5. The van der Waals surface area contributed by atoms with Crippen molar-refractivity contribution in [2.75, 3.05) is 12.9 Å². The number of rotatable bonds is 10. The second kappa shape index (κ2) is 11.9. The summed E-state index contributed by atoms with van der Waals surface area (Å²) < 4.78 is 18.4. The van der Waals surface area contributed by atoms with Gasteiger partial charge in [-0.3, -0.25) is 9.59 Å². The monoisotopic (exact) mass is 460 g/mol. The lowest BCUT2D eigenvalue weighted by Crippen LogP contribution is -2.53. The molecule has 0 bridgehead atoms. The molecule has 0 aliphatic rings. The minimum absolute atomic E-state index is 0.115. The van der Waals surface area contributed by atoms with Gasteiger partial charge in [-0.2, -0.15) is 0 Å². The van der Waals surface area contributed by atoms with E-state index in [1.165, 1.54) is 23.9 Å². The largest absolute Gasteiger partial charge is 0.497 e. The Hall–Kier alpha value is -2.54. The van der Waals surface area contributed by atoms with Crippen LogP contribution in [0.2, 0.25) is 0 Å². The van der Waals surface area contributed by atoms with E-state index in [9.17, 15) is 14.0 Å². The summed E-state index contributed by atoms with van der Waals surface area (Å²) in [5.74, 6) is 0.948. The van der Waals surface area contributed by atoms with Crippen molar-refractivity contribution in [1.82, 2.24) is 10.2 Å². The first kappa shape index (κ1) is 25.7. The van der Waals surface area contributed by atoms with Crippen LogP contribution in [0.3, 0.4) is 0 Å². The molecule has 5 nitrogen and oxygen atoms in total. The normalized spacial score (nSPS) is 12.2. The fourth-order valence-electron chi connectivity index (χ4n) is 3.26. The number of carbonyl (C=O) groups is 2. The lowest BCUT2D eigenvalue weighted by Gasteiger charge is -2.33. The maximum absolute atomic E-state index is 13.3. The number of ether oxygens (including phenoxy) is 1. The number of nitrogens with one attached hydrogen (secondary N) is 1. The van der Waals surface area contributed by atoms with Gasteiger partial charge in [0.15, 0.2) is 0 Å². The van der Waals surface area contributed by atoms with Crippen LogP contribution < -0.4 is 10.1 Å². The molecule has 0 unspecified atom stereocenters. The van der Waals surface area contributed by atoms with Crippen LogP contribution in [0.1, 0.15) is 45.2 Å². The molecule has 2 rings (SSSR count). The van der Waals surface area contributed by atoms with Crippen molar-refractivity contribution in [2.24, 2.45) is 0 Å². The number of hydrogen-bond donors (Lipinski definition) is 1. The minimum atomic E-state index is -0.584. The van der Waals surface area contributed by atoms with Gasteiger partial charge in [0.25, 0.3) is 0 Å². The van der Waals surface area contributed by atoms with Crippen LogP contribution in [-0.4, -0.2) is 41.2 Å². The first-order valence-electron chi connectivity index (χ1n) is 10.7. The molecule has 1 N–H and O–H groups in total. The molecule has 7 heteroatoms. The maximum Gasteiger partial charge on any atom is 0.243 e. The third-order valence-corrected chi connectivity index (χ3v) is 5.77. The van der Waals surface area contributed by atoms with E-state index < -0.39 is 11.6 Å². The first-order chi connectivity index (χ1) is 15.1. The quantitative estimate of drug-likeness (QED) is 0.554. The second-order valence-electron chi connectivity index (χ2n) is 8.66. The third-order valence-electron chi connectivity index (χ3n) is 4.78. The summed E-state index contributed by atoms with van der Waals surface area (Å²) in [6.07, 6.45) is 0.500. The Balaban J connectivity index is 2.17. The van der Waals surface area contributed by atoms with Gasteiger partial charge in [-0.1, -0.05) is 31.2 Å². The molecule has 2 aromatic rings. The molecule has 0 aliphatic heterocycles. The Morgan fingerprint density at radius 2 is 1.81 bits per heavy atom. The fourth-order valence-corrected chi connectivity index (χ4v) is 4.13. The van der Waals surface area contributed by atoms with Crippen molar-refractivity contribution in [3.8, 4) is 5.75 Å². The molecule has 1 atom stereocenters. The second-order valence-corrected chi connectivity index (χ2v) is 9.64. The number of benzene rings is 2. The van der Waals surface area contributed by atoms with Crippen molar-refractivity contribution < 1.29 is 18.7 Å². The van der Waals surface area contributed by atoms with Crippen LogP contribution in [0.4, 0.5) is 4.39 Å². The number of carbonyl (C=O) groups excluding carboxylic acids is 2. The Labute approximate surface area is 194 Å². The zero-order chi connectivity index (χ0) is 23.7. The van der Waals surface area contributed by atoms with Crippen molar-refractivity contribution in [2.45, 2.75) is 58.0 Å². The number of nitrogens with zero attached hydrogens (tertiary/aromatic N) is 1. The number of amides is 2. The van der Waals surface area contributed by atoms with Gasteiger partial charge in [-0.25, -0.2) is 4.39 Å². The summed E-state index contributed by atoms with van der Waals surface area (Å²) in [6.45, 7) is 7.98. The summed E-state index contributed by atoms with van der Waals surface area (Å²) >= 11 is 1.45. The highest BCUT2D eigenvalue weighted by Crippen LogP contribution is 2.20. The summed E-state index contributed by atoms with van der Waals surface area (Å²) in [4.78, 5) is 27.9. The Bertz CT molecular complexity index is 897. The Kier molecular flexibility index (Phi) is 9.57. The smallest absolute Gasteiger partial charge is 0.243 e. The van der Waals surface area contributed by atoms with Gasteiger partial charge in [0, 0.05) is 17.8 Å². The van der Waals surface area contributed by atoms with E-state index in [1.54, 1.807) is 24.1 Å². The highest BCUT2D eigenvalue weighted by atomic mass is 32.2. The van der Waals surface area contributed by atoms with Gasteiger partial charge in [0.05, 0.1) is 12.9 Å². The first-order valence-corrected chi connectivity index (χ1v) is 11.8. The van der Waals surface area contributed by atoms with Crippen molar-refractivity contribution >= 4 is 23.6 Å². The summed E-state index contributed by atoms with van der Waals surface area (Å²) in [6, 6.07) is 13.2. The molecule has 0 spiro atoms. The third kappa shape index (κ3) is 8.19. The Morgan fingerprint density at radius 3 is 2.41 bits per heavy atom. The van der Waals surface area contributed by atoms with Crippen molar-refractivity contribution in [1.29, 1.82) is 0 Å². The standard InChI is InChI=1S/C25H33FN2O3S/c1-6-22(24(30)27-25(2,3)4)28(15-19-8-7-9-21(14-19)31-5)23(29)17-32-16-18-10-12-20(26)13-11-18/h7-14,22H,6,15-17H2,1-5H3,(H,27,30)/t22-/m0/s1. The molecule has 2 amide bonds. The molecule has 0 aliphatic carbocycles. The lowest BCUT2D eigenvalue weighted by molar-refractivity contribution is -0.140. The number of hydrogen-bond acceptors (Lipinski definition) is 4. The molecule has 0 radical (unpaired) electrons. The van der Waals surface area contributed by atoms with Crippen molar-refractivity contribution in [3.05, 3.63) is 65.5 Å². The number of methoxy groups -OCH3 is 1. The molecule has 174 valence electrons. The molecular formula is C25H33FN2O3S. The molecule has 0 saturated heterocycles.